The van der Waals surface area contributed by atoms with Gasteiger partial charge in [0.1, 0.15) is 11.2 Å². The minimum atomic E-state index is 0.638. The van der Waals surface area contributed by atoms with Crippen molar-refractivity contribution in [1.29, 1.82) is 0 Å². The summed E-state index contributed by atoms with van der Waals surface area (Å²) < 4.78 is 6.36. The van der Waals surface area contributed by atoms with E-state index in [1.165, 1.54) is 44.2 Å². The molecule has 4 nitrogen and oxygen atoms in total. The van der Waals surface area contributed by atoms with Gasteiger partial charge in [0.15, 0.2) is 17.5 Å². The van der Waals surface area contributed by atoms with Crippen molar-refractivity contribution < 1.29 is 4.42 Å². The molecule has 4 heteroatoms. The fraction of sp³-hybridized carbons (Fsp3) is 0.0377. The Balaban J connectivity index is 1.11. The van der Waals surface area contributed by atoms with Gasteiger partial charge < -0.3 is 4.42 Å². The van der Waals surface area contributed by atoms with Crippen LogP contribution in [0.5, 0.6) is 0 Å². The number of aromatic nitrogens is 3. The minimum Gasteiger partial charge on any atom is -0.456 e. The molecule has 8 aromatic carbocycles. The van der Waals surface area contributed by atoms with Crippen molar-refractivity contribution in [3.05, 3.63) is 182 Å². The van der Waals surface area contributed by atoms with Crippen molar-refractivity contribution in [1.82, 2.24) is 15.0 Å². The highest BCUT2D eigenvalue weighted by molar-refractivity contribution is 6.26. The van der Waals surface area contributed by atoms with E-state index in [-0.39, 0.29) is 0 Å². The van der Waals surface area contributed by atoms with Crippen LogP contribution in [0.3, 0.4) is 0 Å². The maximum absolute atomic E-state index is 6.36. The van der Waals surface area contributed by atoms with Gasteiger partial charge in [-0.2, -0.15) is 0 Å². The topological polar surface area (TPSA) is 51.8 Å². The molecule has 12 rings (SSSR count). The van der Waals surface area contributed by atoms with Crippen LogP contribution in [-0.2, 0) is 0 Å². The third-order valence-electron chi connectivity index (χ3n) is 11.7. The second kappa shape index (κ2) is 12.6. The lowest BCUT2D eigenvalue weighted by molar-refractivity contribution is 0.669. The van der Waals surface area contributed by atoms with Gasteiger partial charge in [-0.25, -0.2) is 15.0 Å². The Morgan fingerprint density at radius 2 is 0.965 bits per heavy atom. The average Bonchev–Trinajstić information content (AvgIpc) is 3.83. The predicted octanol–water partition coefficient (Wildman–Crippen LogP) is 14.1. The third kappa shape index (κ3) is 4.90. The molecule has 0 N–H and O–H groups in total. The number of fused-ring (bicyclic) bond motifs is 8. The fourth-order valence-electron chi connectivity index (χ4n) is 9.20. The van der Waals surface area contributed by atoms with E-state index in [0.717, 1.165) is 73.4 Å². The molecule has 0 unspecified atom stereocenters. The van der Waals surface area contributed by atoms with Gasteiger partial charge in [0.05, 0.1) is 0 Å². The largest absolute Gasteiger partial charge is 0.456 e. The number of hydrogen-bond donors (Lipinski definition) is 0. The van der Waals surface area contributed by atoms with E-state index in [4.69, 9.17) is 19.4 Å². The summed E-state index contributed by atoms with van der Waals surface area (Å²) in [5, 5.41) is 6.90. The predicted molar refractivity (Wildman–Crippen MR) is 235 cm³/mol. The first-order chi connectivity index (χ1) is 28.3. The van der Waals surface area contributed by atoms with Gasteiger partial charge in [-0.1, -0.05) is 146 Å². The summed E-state index contributed by atoms with van der Waals surface area (Å²) in [4.78, 5) is 16.1. The molecule has 0 bridgehead atoms. The summed E-state index contributed by atoms with van der Waals surface area (Å²) in [5.41, 5.74) is 14.2. The number of nitrogens with zero attached hydrogens (tertiary/aromatic N) is 3. The molecule has 0 saturated heterocycles. The molecular weight excluding hydrogens is 695 g/mol. The van der Waals surface area contributed by atoms with Crippen LogP contribution in [0.15, 0.2) is 180 Å². The van der Waals surface area contributed by atoms with Gasteiger partial charge in [0, 0.05) is 33.0 Å². The van der Waals surface area contributed by atoms with E-state index in [1.807, 2.05) is 12.1 Å². The van der Waals surface area contributed by atoms with Crippen LogP contribution < -0.4 is 0 Å². The van der Waals surface area contributed by atoms with Gasteiger partial charge in [0.2, 0.25) is 0 Å². The summed E-state index contributed by atoms with van der Waals surface area (Å²) in [6.07, 6.45) is 8.98. The molecule has 0 saturated carbocycles. The molecule has 0 aliphatic heterocycles. The van der Waals surface area contributed by atoms with Crippen LogP contribution in [-0.4, -0.2) is 15.0 Å². The lowest BCUT2D eigenvalue weighted by Crippen LogP contribution is -2.02. The maximum atomic E-state index is 6.36. The number of benzene rings is 8. The number of rotatable bonds is 5. The van der Waals surface area contributed by atoms with E-state index in [1.54, 1.807) is 0 Å². The van der Waals surface area contributed by atoms with E-state index in [0.29, 0.717) is 17.5 Å². The van der Waals surface area contributed by atoms with Gasteiger partial charge >= 0.3 is 0 Å². The summed E-state index contributed by atoms with van der Waals surface area (Å²) in [6, 6.07) is 55.7. The van der Waals surface area contributed by atoms with Crippen LogP contribution in [0.1, 0.15) is 18.4 Å². The quantitative estimate of drug-likeness (QED) is 0.177. The Kier molecular flexibility index (Phi) is 7.02. The average molecular weight is 728 g/mol. The molecule has 0 atom stereocenters. The molecule has 2 aromatic heterocycles. The molecule has 0 radical (unpaired) electrons. The van der Waals surface area contributed by atoms with Crippen molar-refractivity contribution >= 4 is 49.1 Å². The first kappa shape index (κ1) is 31.9. The molecule has 2 aliphatic carbocycles. The third-order valence-corrected chi connectivity index (χ3v) is 11.7. The first-order valence-corrected chi connectivity index (χ1v) is 19.6. The number of hydrogen-bond acceptors (Lipinski definition) is 4. The van der Waals surface area contributed by atoms with E-state index >= 15 is 0 Å². The van der Waals surface area contributed by atoms with Gasteiger partial charge in [-0.15, -0.1) is 0 Å². The summed E-state index contributed by atoms with van der Waals surface area (Å²) in [5.74, 6) is 1.92. The molecule has 266 valence electrons. The van der Waals surface area contributed by atoms with Crippen LogP contribution in [0, 0.1) is 0 Å². The van der Waals surface area contributed by atoms with E-state index < -0.39 is 0 Å². The van der Waals surface area contributed by atoms with E-state index in [9.17, 15) is 0 Å². The summed E-state index contributed by atoms with van der Waals surface area (Å²) in [6.45, 7) is 0. The van der Waals surface area contributed by atoms with Gasteiger partial charge in [-0.3, -0.25) is 0 Å². The standard InChI is InChI=1S/C53H33N3O/c1-3-14-32(15-4-1)34-18-7-10-21-41(34)51-54-52(42-27-26-35(33-16-5-2-6-17-33)36-19-8-9-20-37(36)42)56-53(55-51)43-28-29-45-48-38(23-13-24-39(43)48)40-30-31-47-50(49(40)45)44-22-11-12-25-46(44)57-47/h1,3-5,7-31H,2,6H2. The molecule has 10 aromatic rings. The zero-order chi connectivity index (χ0) is 37.5. The van der Waals surface area contributed by atoms with Gasteiger partial charge in [0.25, 0.3) is 0 Å². The molecule has 0 amide bonds. The number of allylic oxidation sites excluding steroid dienone is 4. The SMILES string of the molecule is C1=CC(c2ccc(-c3nc(-c4ccccc4-c4ccccc4)nc(-c4ccc5c6c(cccc46)-c4ccc6oc7ccccc7c6c4-5)n3)c3ccccc23)=CCC1. The lowest BCUT2D eigenvalue weighted by atomic mass is 9.92. The lowest BCUT2D eigenvalue weighted by Gasteiger charge is -2.16. The normalized spacial score (nSPS) is 13.2. The second-order valence-corrected chi connectivity index (χ2v) is 14.9. The van der Waals surface area contributed by atoms with Crippen molar-refractivity contribution in [2.75, 3.05) is 0 Å². The highest BCUT2D eigenvalue weighted by Crippen LogP contribution is 2.53. The van der Waals surface area contributed by atoms with Crippen LogP contribution >= 0.6 is 0 Å². The fourth-order valence-corrected chi connectivity index (χ4v) is 9.20. The maximum Gasteiger partial charge on any atom is 0.164 e. The van der Waals surface area contributed by atoms with Crippen molar-refractivity contribution in [2.45, 2.75) is 12.8 Å². The Hall–Kier alpha value is -7.43. The van der Waals surface area contributed by atoms with Gasteiger partial charge in [-0.05, 0) is 104 Å². The molecule has 2 heterocycles. The van der Waals surface area contributed by atoms with E-state index in [2.05, 4.69) is 164 Å². The number of furan rings is 1. The summed E-state index contributed by atoms with van der Waals surface area (Å²) >= 11 is 0. The number of para-hydroxylation sites is 1. The van der Waals surface area contributed by atoms with Crippen LogP contribution in [0.2, 0.25) is 0 Å². The van der Waals surface area contributed by atoms with Crippen LogP contribution in [0.25, 0.3) is 117 Å². The van der Waals surface area contributed by atoms with Crippen molar-refractivity contribution in [3.63, 3.8) is 0 Å². The second-order valence-electron chi connectivity index (χ2n) is 14.9. The Labute approximate surface area is 329 Å². The molecule has 2 aliphatic rings. The Morgan fingerprint density at radius 3 is 1.75 bits per heavy atom. The molecular formula is C53H33N3O. The molecule has 0 fully saturated rings. The zero-order valence-electron chi connectivity index (χ0n) is 30.9. The van der Waals surface area contributed by atoms with Crippen molar-refractivity contribution in [2.24, 2.45) is 0 Å². The first-order valence-electron chi connectivity index (χ1n) is 19.6. The molecule has 57 heavy (non-hydrogen) atoms. The highest BCUT2D eigenvalue weighted by Gasteiger charge is 2.28. The molecule has 0 spiro atoms. The smallest absolute Gasteiger partial charge is 0.164 e. The summed E-state index contributed by atoms with van der Waals surface area (Å²) in [7, 11) is 0. The Morgan fingerprint density at radius 1 is 0.368 bits per heavy atom. The van der Waals surface area contributed by atoms with Crippen molar-refractivity contribution in [3.8, 4) is 67.5 Å². The zero-order valence-corrected chi connectivity index (χ0v) is 30.9. The monoisotopic (exact) mass is 727 g/mol. The minimum absolute atomic E-state index is 0.638. The Bertz CT molecular complexity index is 3350. The highest BCUT2D eigenvalue weighted by atomic mass is 16.3. The van der Waals surface area contributed by atoms with Crippen LogP contribution in [0.4, 0.5) is 0 Å².